The predicted molar refractivity (Wildman–Crippen MR) is 97.5 cm³/mol. The van der Waals surface area contributed by atoms with E-state index in [0.29, 0.717) is 28.8 Å². The van der Waals surface area contributed by atoms with Gasteiger partial charge in [-0.05, 0) is 19.1 Å². The van der Waals surface area contributed by atoms with Gasteiger partial charge in [0, 0.05) is 5.56 Å². The van der Waals surface area contributed by atoms with Gasteiger partial charge in [0.25, 0.3) is 0 Å². The van der Waals surface area contributed by atoms with Crippen LogP contribution in [0.5, 0.6) is 5.75 Å². The third-order valence-electron chi connectivity index (χ3n) is 3.72. The van der Waals surface area contributed by atoms with Crippen LogP contribution in [0.1, 0.15) is 17.2 Å². The van der Waals surface area contributed by atoms with E-state index in [9.17, 15) is 5.11 Å². The molecule has 0 bridgehead atoms. The maximum atomic E-state index is 9.72. The van der Waals surface area contributed by atoms with Gasteiger partial charge in [0.15, 0.2) is 11.6 Å². The quantitative estimate of drug-likeness (QED) is 0.739. The summed E-state index contributed by atoms with van der Waals surface area (Å²) in [7, 11) is 0. The Hall–Kier alpha value is -2.70. The topological polar surface area (TPSA) is 75.7 Å². The molecule has 0 spiro atoms. The van der Waals surface area contributed by atoms with Crippen molar-refractivity contribution >= 4 is 40.3 Å². The van der Waals surface area contributed by atoms with Gasteiger partial charge < -0.3 is 5.11 Å². The van der Waals surface area contributed by atoms with Crippen LogP contribution in [0.25, 0.3) is 0 Å². The molecule has 0 atom stereocenters. The van der Waals surface area contributed by atoms with Crippen molar-refractivity contribution in [3.05, 3.63) is 69.7 Å². The molecule has 2 aromatic carbocycles. The Morgan fingerprint density at radius 2 is 1.72 bits per heavy atom. The number of rotatable bonds is 2. The standard InChI is InChI=1S/C17H11Cl2N5O/c1-9-21-22-17-15(20-11-7-12(18)16(25)13(19)8-11)14(23-24(9)17)10-5-3-2-4-6-10/h2-8,25H,1H3. The molecule has 4 rings (SSSR count). The number of aromatic hydroxyl groups is 1. The summed E-state index contributed by atoms with van der Waals surface area (Å²) in [5.41, 5.74) is 2.63. The number of halogens is 2. The summed E-state index contributed by atoms with van der Waals surface area (Å²) in [6, 6.07) is 12.7. The lowest BCUT2D eigenvalue weighted by Crippen LogP contribution is -2.13. The first kappa shape index (κ1) is 15.8. The van der Waals surface area contributed by atoms with E-state index < -0.39 is 0 Å². The first-order valence-corrected chi connectivity index (χ1v) is 8.14. The molecule has 1 aromatic heterocycles. The van der Waals surface area contributed by atoms with Crippen LogP contribution in [0.4, 0.5) is 5.69 Å². The fraction of sp³-hybridized carbons (Fsp3) is 0.0588. The van der Waals surface area contributed by atoms with Gasteiger partial charge in [-0.1, -0.05) is 53.5 Å². The van der Waals surface area contributed by atoms with Crippen molar-refractivity contribution in [1.82, 2.24) is 14.9 Å². The number of aliphatic imine (C=N–C) groups is 1. The van der Waals surface area contributed by atoms with Crippen LogP contribution in [-0.4, -0.2) is 31.4 Å². The summed E-state index contributed by atoms with van der Waals surface area (Å²) in [5, 5.41) is 22.8. The molecule has 0 radical (unpaired) electrons. The van der Waals surface area contributed by atoms with Crippen molar-refractivity contribution < 1.29 is 5.11 Å². The van der Waals surface area contributed by atoms with Crippen molar-refractivity contribution in [2.75, 3.05) is 0 Å². The molecule has 124 valence electrons. The number of phenols is 1. The van der Waals surface area contributed by atoms with Crippen molar-refractivity contribution in [2.24, 2.45) is 10.1 Å². The average Bonchev–Trinajstić information content (AvgIpc) is 3.14. The van der Waals surface area contributed by atoms with Crippen molar-refractivity contribution in [3.8, 4) is 5.75 Å². The number of aromatic nitrogens is 3. The third-order valence-corrected chi connectivity index (χ3v) is 4.30. The van der Waals surface area contributed by atoms with Gasteiger partial charge in [0.05, 0.1) is 15.7 Å². The van der Waals surface area contributed by atoms with Crippen LogP contribution < -0.4 is 0 Å². The van der Waals surface area contributed by atoms with E-state index in [4.69, 9.17) is 23.2 Å². The predicted octanol–water partition coefficient (Wildman–Crippen LogP) is 3.99. The minimum Gasteiger partial charge on any atom is -0.505 e. The molecule has 0 amide bonds. The second kappa shape index (κ2) is 5.98. The number of phenolic OH excluding ortho intramolecular Hbond substituents is 1. The summed E-state index contributed by atoms with van der Waals surface area (Å²) in [5.74, 6) is 1.03. The zero-order valence-corrected chi connectivity index (χ0v) is 14.5. The second-order valence-electron chi connectivity index (χ2n) is 5.42. The summed E-state index contributed by atoms with van der Waals surface area (Å²) in [6.45, 7) is 1.82. The van der Waals surface area contributed by atoms with E-state index in [1.807, 2.05) is 37.3 Å². The van der Waals surface area contributed by atoms with Gasteiger partial charge in [-0.3, -0.25) is 0 Å². The molecule has 0 fully saturated rings. The number of aryl methyl sites for hydroxylation is 1. The molecule has 1 aliphatic rings. The van der Waals surface area contributed by atoms with Crippen LogP contribution in [0.3, 0.4) is 0 Å². The molecule has 6 nitrogen and oxygen atoms in total. The highest BCUT2D eigenvalue weighted by Gasteiger charge is 2.28. The molecule has 0 saturated carbocycles. The number of hydrogen-bond donors (Lipinski definition) is 1. The fourth-order valence-electron chi connectivity index (χ4n) is 2.52. The summed E-state index contributed by atoms with van der Waals surface area (Å²) >= 11 is 12.0. The summed E-state index contributed by atoms with van der Waals surface area (Å²) < 4.78 is 1.64. The summed E-state index contributed by atoms with van der Waals surface area (Å²) in [4.78, 5) is 4.62. The number of nitrogens with zero attached hydrogens (tertiary/aromatic N) is 5. The highest BCUT2D eigenvalue weighted by atomic mass is 35.5. The SMILES string of the molecule is Cc1nnc2n1N=C(c1ccccc1)C2=Nc1cc(Cl)c(O)c(Cl)c1. The lowest BCUT2D eigenvalue weighted by Gasteiger charge is -2.04. The lowest BCUT2D eigenvalue weighted by atomic mass is 10.1. The Morgan fingerprint density at radius 1 is 1.04 bits per heavy atom. The second-order valence-corrected chi connectivity index (χ2v) is 6.23. The van der Waals surface area contributed by atoms with Gasteiger partial charge >= 0.3 is 0 Å². The smallest absolute Gasteiger partial charge is 0.205 e. The third kappa shape index (κ3) is 2.69. The Bertz CT molecular complexity index is 1020. The minimum absolute atomic E-state index is 0.126. The van der Waals surface area contributed by atoms with Crippen LogP contribution in [0, 0.1) is 6.92 Å². The zero-order chi connectivity index (χ0) is 17.6. The molecule has 25 heavy (non-hydrogen) atoms. The Balaban J connectivity index is 1.90. The highest BCUT2D eigenvalue weighted by Crippen LogP contribution is 2.36. The molecular formula is C17H11Cl2N5O. The van der Waals surface area contributed by atoms with Crippen LogP contribution in [0.2, 0.25) is 10.0 Å². The first-order chi connectivity index (χ1) is 12.0. The molecule has 0 aliphatic carbocycles. The van der Waals surface area contributed by atoms with E-state index in [2.05, 4.69) is 20.3 Å². The number of benzene rings is 2. The van der Waals surface area contributed by atoms with E-state index >= 15 is 0 Å². The van der Waals surface area contributed by atoms with Crippen molar-refractivity contribution in [2.45, 2.75) is 6.92 Å². The van der Waals surface area contributed by atoms with Crippen molar-refractivity contribution in [3.63, 3.8) is 0 Å². The van der Waals surface area contributed by atoms with Gasteiger partial charge in [0.2, 0.25) is 5.82 Å². The van der Waals surface area contributed by atoms with Gasteiger partial charge in [0.1, 0.15) is 11.4 Å². The van der Waals surface area contributed by atoms with E-state index in [1.165, 1.54) is 12.1 Å². The van der Waals surface area contributed by atoms with Crippen molar-refractivity contribution in [1.29, 1.82) is 0 Å². The number of hydrogen-bond acceptors (Lipinski definition) is 5. The monoisotopic (exact) mass is 371 g/mol. The van der Waals surface area contributed by atoms with E-state index in [-0.39, 0.29) is 15.8 Å². The van der Waals surface area contributed by atoms with Crippen LogP contribution in [0.15, 0.2) is 52.6 Å². The van der Waals surface area contributed by atoms with Gasteiger partial charge in [-0.25, -0.2) is 4.99 Å². The van der Waals surface area contributed by atoms with E-state index in [0.717, 1.165) is 5.56 Å². The minimum atomic E-state index is -0.172. The highest BCUT2D eigenvalue weighted by molar-refractivity contribution is 6.54. The van der Waals surface area contributed by atoms with E-state index in [1.54, 1.807) is 4.68 Å². The van der Waals surface area contributed by atoms with Crippen LogP contribution >= 0.6 is 23.2 Å². The lowest BCUT2D eigenvalue weighted by molar-refractivity contribution is 0.476. The molecule has 2 heterocycles. The normalized spacial score (nSPS) is 14.7. The molecule has 3 aromatic rings. The first-order valence-electron chi connectivity index (χ1n) is 7.38. The maximum Gasteiger partial charge on any atom is 0.205 e. The molecule has 0 unspecified atom stereocenters. The Morgan fingerprint density at radius 3 is 2.40 bits per heavy atom. The summed E-state index contributed by atoms with van der Waals surface area (Å²) in [6.07, 6.45) is 0. The molecule has 1 N–H and O–H groups in total. The van der Waals surface area contributed by atoms with Crippen LogP contribution in [-0.2, 0) is 0 Å². The average molecular weight is 372 g/mol. The fourth-order valence-corrected chi connectivity index (χ4v) is 2.99. The molecule has 0 saturated heterocycles. The Labute approximate surface area is 153 Å². The van der Waals surface area contributed by atoms with Gasteiger partial charge in [-0.15, -0.1) is 10.2 Å². The number of fused-ring (bicyclic) bond motifs is 1. The Kier molecular flexibility index (Phi) is 3.78. The molecule has 1 aliphatic heterocycles. The molecule has 8 heteroatoms. The zero-order valence-electron chi connectivity index (χ0n) is 13.0. The van der Waals surface area contributed by atoms with Gasteiger partial charge in [-0.2, -0.15) is 9.78 Å². The largest absolute Gasteiger partial charge is 0.505 e. The maximum absolute atomic E-state index is 9.72. The molecular weight excluding hydrogens is 361 g/mol.